The van der Waals surface area contributed by atoms with Crippen molar-refractivity contribution in [3.63, 3.8) is 0 Å². The van der Waals surface area contributed by atoms with E-state index in [1.165, 1.54) is 11.8 Å². The number of ether oxygens (including phenoxy) is 1. The smallest absolute Gasteiger partial charge is 0.234 e. The predicted octanol–water partition coefficient (Wildman–Crippen LogP) is 4.21. The number of anilines is 1. The second kappa shape index (κ2) is 10.6. The van der Waals surface area contributed by atoms with E-state index >= 15 is 0 Å². The Morgan fingerprint density at radius 2 is 1.84 bits per heavy atom. The minimum Gasteiger partial charge on any atom is -0.379 e. The van der Waals surface area contributed by atoms with E-state index in [1.54, 1.807) is 0 Å². The number of carbonyl (C=O) groups is 1. The van der Waals surface area contributed by atoms with Gasteiger partial charge in [0, 0.05) is 28.9 Å². The molecular weight excluding hydrogens is 490 g/mol. The van der Waals surface area contributed by atoms with Gasteiger partial charge >= 0.3 is 0 Å². The third-order valence-corrected chi connectivity index (χ3v) is 7.30. The molecule has 9 heteroatoms. The second-order valence-electron chi connectivity index (χ2n) is 7.64. The van der Waals surface area contributed by atoms with Gasteiger partial charge in [-0.15, -0.1) is 10.2 Å². The highest BCUT2D eigenvalue weighted by Crippen LogP contribution is 2.27. The van der Waals surface area contributed by atoms with E-state index in [9.17, 15) is 4.79 Å². The summed E-state index contributed by atoms with van der Waals surface area (Å²) in [6, 6.07) is 13.9. The molecule has 0 saturated carbocycles. The Morgan fingerprint density at radius 3 is 2.59 bits per heavy atom. The summed E-state index contributed by atoms with van der Waals surface area (Å²) in [5.74, 6) is 1.04. The summed E-state index contributed by atoms with van der Waals surface area (Å²) >= 11 is 4.92. The van der Waals surface area contributed by atoms with Gasteiger partial charge in [-0.25, -0.2) is 0 Å². The fraction of sp³-hybridized carbons (Fsp3) is 0.348. The Balaban J connectivity index is 1.49. The average molecular weight is 516 g/mol. The number of hydrogen-bond acceptors (Lipinski definition) is 6. The third kappa shape index (κ3) is 5.40. The first-order valence-corrected chi connectivity index (χ1v) is 12.3. The Bertz CT molecular complexity index is 1080. The van der Waals surface area contributed by atoms with Crippen LogP contribution in [0.1, 0.15) is 17.0 Å². The number of halogens is 1. The molecule has 1 amide bonds. The molecule has 1 aromatic heterocycles. The highest BCUT2D eigenvalue weighted by atomic mass is 79.9. The average Bonchev–Trinajstić information content (AvgIpc) is 3.21. The summed E-state index contributed by atoms with van der Waals surface area (Å²) in [5.41, 5.74) is 3.99. The van der Waals surface area contributed by atoms with Crippen LogP contribution in [0.15, 0.2) is 52.1 Å². The van der Waals surface area contributed by atoms with E-state index in [2.05, 4.69) is 36.3 Å². The number of para-hydroxylation sites is 1. The maximum atomic E-state index is 12.7. The predicted molar refractivity (Wildman–Crippen MR) is 130 cm³/mol. The molecule has 0 spiro atoms. The molecular formula is C23H26BrN5O2S. The number of benzene rings is 2. The quantitative estimate of drug-likeness (QED) is 0.475. The number of amides is 1. The molecule has 4 rings (SSSR count). The number of aromatic nitrogens is 3. The topological polar surface area (TPSA) is 72.3 Å². The van der Waals surface area contributed by atoms with Crippen LogP contribution in [-0.4, -0.2) is 57.6 Å². The normalized spacial score (nSPS) is 14.5. The van der Waals surface area contributed by atoms with Crippen LogP contribution in [0.25, 0.3) is 5.69 Å². The number of carbonyl (C=O) groups excluding carboxylic acids is 1. The van der Waals surface area contributed by atoms with Gasteiger partial charge in [-0.2, -0.15) is 0 Å². The third-order valence-electron chi connectivity index (χ3n) is 5.51. The lowest BCUT2D eigenvalue weighted by molar-refractivity contribution is -0.113. The van der Waals surface area contributed by atoms with Crippen molar-refractivity contribution in [1.29, 1.82) is 0 Å². The van der Waals surface area contributed by atoms with Gasteiger partial charge in [-0.3, -0.25) is 14.3 Å². The minimum atomic E-state index is -0.0721. The lowest BCUT2D eigenvalue weighted by Gasteiger charge is -2.26. The lowest BCUT2D eigenvalue weighted by Crippen LogP contribution is -2.36. The van der Waals surface area contributed by atoms with E-state index in [0.29, 0.717) is 11.7 Å². The van der Waals surface area contributed by atoms with Crippen molar-refractivity contribution < 1.29 is 9.53 Å². The van der Waals surface area contributed by atoms with Crippen LogP contribution in [0.2, 0.25) is 0 Å². The Kier molecular flexibility index (Phi) is 7.62. The summed E-state index contributed by atoms with van der Waals surface area (Å²) in [5, 5.41) is 12.6. The summed E-state index contributed by atoms with van der Waals surface area (Å²) in [4.78, 5) is 15.0. The van der Waals surface area contributed by atoms with Gasteiger partial charge in [-0.05, 0) is 49.2 Å². The monoisotopic (exact) mass is 515 g/mol. The van der Waals surface area contributed by atoms with Crippen molar-refractivity contribution in [2.45, 2.75) is 25.5 Å². The Hall–Kier alpha value is -2.20. The number of thioether (sulfide) groups is 1. The zero-order chi connectivity index (χ0) is 22.5. The number of nitrogens with zero attached hydrogens (tertiary/aromatic N) is 4. The molecule has 1 aliphatic rings. The molecule has 7 nitrogen and oxygen atoms in total. The maximum Gasteiger partial charge on any atom is 0.234 e. The van der Waals surface area contributed by atoms with Crippen molar-refractivity contribution in [2.24, 2.45) is 0 Å². The molecule has 2 aromatic carbocycles. The zero-order valence-electron chi connectivity index (χ0n) is 18.2. The van der Waals surface area contributed by atoms with E-state index in [-0.39, 0.29) is 11.7 Å². The number of nitrogens with one attached hydrogen (secondary N) is 1. The molecule has 3 aromatic rings. The van der Waals surface area contributed by atoms with Crippen LogP contribution in [0.3, 0.4) is 0 Å². The molecule has 0 aliphatic carbocycles. The van der Waals surface area contributed by atoms with Crippen LogP contribution in [-0.2, 0) is 16.1 Å². The van der Waals surface area contributed by atoms with E-state index < -0.39 is 0 Å². The van der Waals surface area contributed by atoms with Crippen LogP contribution in [0.4, 0.5) is 5.69 Å². The highest BCUT2D eigenvalue weighted by Gasteiger charge is 2.20. The standard InChI is InChI=1S/C23H26BrN5O2S/c1-16-17(2)20(9-8-19(16)24)25-22(30)15-32-23-27-26-21(14-28-10-12-31-13-11-28)29(23)18-6-4-3-5-7-18/h3-9H,10-15H2,1-2H3,(H,25,30). The van der Waals surface area contributed by atoms with Gasteiger partial charge in [0.15, 0.2) is 11.0 Å². The zero-order valence-corrected chi connectivity index (χ0v) is 20.6. The van der Waals surface area contributed by atoms with Crippen LogP contribution in [0.5, 0.6) is 0 Å². The number of morpholine rings is 1. The Labute approximate surface area is 200 Å². The van der Waals surface area contributed by atoms with Gasteiger partial charge in [0.2, 0.25) is 5.91 Å². The largest absolute Gasteiger partial charge is 0.379 e. The molecule has 32 heavy (non-hydrogen) atoms. The first-order chi connectivity index (χ1) is 15.5. The molecule has 0 unspecified atom stereocenters. The summed E-state index contributed by atoms with van der Waals surface area (Å²) in [6.07, 6.45) is 0. The fourth-order valence-electron chi connectivity index (χ4n) is 3.53. The molecule has 1 fully saturated rings. The molecule has 1 aliphatic heterocycles. The van der Waals surface area contributed by atoms with E-state index in [1.807, 2.05) is 60.9 Å². The van der Waals surface area contributed by atoms with Crippen molar-refractivity contribution in [1.82, 2.24) is 19.7 Å². The van der Waals surface area contributed by atoms with E-state index in [4.69, 9.17) is 4.74 Å². The number of rotatable bonds is 7. The lowest BCUT2D eigenvalue weighted by atomic mass is 10.1. The van der Waals surface area contributed by atoms with Gasteiger partial charge in [-0.1, -0.05) is 45.9 Å². The van der Waals surface area contributed by atoms with Gasteiger partial charge < -0.3 is 10.1 Å². The van der Waals surface area contributed by atoms with Crippen molar-refractivity contribution in [3.8, 4) is 5.69 Å². The SMILES string of the molecule is Cc1c(Br)ccc(NC(=O)CSc2nnc(CN3CCOCC3)n2-c2ccccc2)c1C. The second-order valence-corrected chi connectivity index (χ2v) is 9.44. The molecule has 1 N–H and O–H groups in total. The fourth-order valence-corrected chi connectivity index (χ4v) is 4.73. The summed E-state index contributed by atoms with van der Waals surface area (Å²) in [6.45, 7) is 7.94. The van der Waals surface area contributed by atoms with Crippen LogP contribution in [0, 0.1) is 13.8 Å². The van der Waals surface area contributed by atoms with Crippen molar-refractivity contribution >= 4 is 39.3 Å². The minimum absolute atomic E-state index is 0.0721. The molecule has 0 radical (unpaired) electrons. The van der Waals surface area contributed by atoms with Crippen LogP contribution < -0.4 is 5.32 Å². The summed E-state index contributed by atoms with van der Waals surface area (Å²) < 4.78 is 8.54. The van der Waals surface area contributed by atoms with Crippen molar-refractivity contribution in [3.05, 3.63) is 63.9 Å². The van der Waals surface area contributed by atoms with Crippen LogP contribution >= 0.6 is 27.7 Å². The summed E-state index contributed by atoms with van der Waals surface area (Å²) in [7, 11) is 0. The van der Waals surface area contributed by atoms with E-state index in [0.717, 1.165) is 59.1 Å². The van der Waals surface area contributed by atoms with Gasteiger partial charge in [0.1, 0.15) is 0 Å². The number of hydrogen-bond donors (Lipinski definition) is 1. The maximum absolute atomic E-state index is 12.7. The molecule has 168 valence electrons. The first-order valence-electron chi connectivity index (χ1n) is 10.5. The molecule has 1 saturated heterocycles. The Morgan fingerprint density at radius 1 is 1.09 bits per heavy atom. The van der Waals surface area contributed by atoms with Gasteiger partial charge in [0.25, 0.3) is 0 Å². The molecule has 2 heterocycles. The van der Waals surface area contributed by atoms with Crippen molar-refractivity contribution in [2.75, 3.05) is 37.4 Å². The highest BCUT2D eigenvalue weighted by molar-refractivity contribution is 9.10. The first kappa shape index (κ1) is 23.0. The molecule has 0 bridgehead atoms. The molecule has 0 atom stereocenters. The van der Waals surface area contributed by atoms with Gasteiger partial charge in [0.05, 0.1) is 25.5 Å².